The molecular formula is C10H15N3O2. The Bertz CT molecular complexity index is 315. The molecule has 1 aliphatic rings. The van der Waals surface area contributed by atoms with E-state index in [1.165, 1.54) is 0 Å². The largest absolute Gasteiger partial charge is 0.389 e. The van der Waals surface area contributed by atoms with Crippen molar-refractivity contribution in [1.82, 2.24) is 15.3 Å². The Morgan fingerprint density at radius 1 is 1.47 bits per heavy atom. The van der Waals surface area contributed by atoms with Crippen LogP contribution in [0.25, 0.3) is 0 Å². The van der Waals surface area contributed by atoms with Gasteiger partial charge in [0.15, 0.2) is 0 Å². The lowest BCUT2D eigenvalue weighted by molar-refractivity contribution is 0.122. The van der Waals surface area contributed by atoms with Crippen LogP contribution in [-0.4, -0.2) is 40.4 Å². The molecule has 1 aliphatic heterocycles. The number of hydrogen-bond donors (Lipinski definition) is 2. The Labute approximate surface area is 88.5 Å². The number of nitrogens with one attached hydrogen (secondary N) is 1. The molecule has 0 aromatic carbocycles. The molecule has 1 saturated heterocycles. The molecule has 2 rings (SSSR count). The van der Waals surface area contributed by atoms with Crippen molar-refractivity contribution in [2.24, 2.45) is 0 Å². The number of aryl methyl sites for hydroxylation is 1. The van der Waals surface area contributed by atoms with Crippen LogP contribution in [0.2, 0.25) is 0 Å². The summed E-state index contributed by atoms with van der Waals surface area (Å²) in [4.78, 5) is 8.36. The molecule has 0 aliphatic carbocycles. The topological polar surface area (TPSA) is 67.3 Å². The third kappa shape index (κ3) is 2.71. The lowest BCUT2D eigenvalue weighted by atomic mass is 10.2. The van der Waals surface area contributed by atoms with E-state index in [-0.39, 0.29) is 6.04 Å². The maximum atomic E-state index is 9.49. The van der Waals surface area contributed by atoms with Crippen molar-refractivity contribution in [2.75, 3.05) is 13.2 Å². The number of nitrogens with zero attached hydrogens (tertiary/aromatic N) is 2. The standard InChI is InChI=1S/C10H15N3O2/c1-7-2-12-8(3-11-7)4-13-9-5-15-6-10(9)14/h2-3,9-10,13-14H,4-6H2,1H3. The fourth-order valence-corrected chi connectivity index (χ4v) is 1.48. The molecule has 0 saturated carbocycles. The van der Waals surface area contributed by atoms with Crippen LogP contribution in [0.15, 0.2) is 12.4 Å². The van der Waals surface area contributed by atoms with Gasteiger partial charge in [0.25, 0.3) is 0 Å². The second-order valence-corrected chi connectivity index (χ2v) is 3.74. The predicted octanol–water partition coefficient (Wildman–Crippen LogP) is -0.366. The first kappa shape index (κ1) is 10.5. The van der Waals surface area contributed by atoms with Gasteiger partial charge in [0.2, 0.25) is 0 Å². The molecule has 0 bridgehead atoms. The van der Waals surface area contributed by atoms with Crippen molar-refractivity contribution >= 4 is 0 Å². The highest BCUT2D eigenvalue weighted by molar-refractivity contribution is 5.00. The van der Waals surface area contributed by atoms with Gasteiger partial charge < -0.3 is 15.2 Å². The Kier molecular flexibility index (Phi) is 3.25. The SMILES string of the molecule is Cc1cnc(CNC2COCC2O)cn1. The predicted molar refractivity (Wildman–Crippen MR) is 54.2 cm³/mol. The number of ether oxygens (including phenoxy) is 1. The number of aromatic nitrogens is 2. The molecule has 1 aromatic rings. The van der Waals surface area contributed by atoms with Gasteiger partial charge in [-0.15, -0.1) is 0 Å². The molecule has 0 spiro atoms. The van der Waals surface area contributed by atoms with E-state index in [0.29, 0.717) is 19.8 Å². The first-order chi connectivity index (χ1) is 7.25. The van der Waals surface area contributed by atoms with Crippen LogP contribution in [0, 0.1) is 6.92 Å². The number of rotatable bonds is 3. The maximum Gasteiger partial charge on any atom is 0.0948 e. The molecule has 15 heavy (non-hydrogen) atoms. The average Bonchev–Trinajstić information content (AvgIpc) is 2.63. The monoisotopic (exact) mass is 209 g/mol. The van der Waals surface area contributed by atoms with Crippen molar-refractivity contribution < 1.29 is 9.84 Å². The quantitative estimate of drug-likeness (QED) is 0.711. The van der Waals surface area contributed by atoms with E-state index in [9.17, 15) is 5.11 Å². The van der Waals surface area contributed by atoms with Crippen LogP contribution in [0.3, 0.4) is 0 Å². The number of aliphatic hydroxyl groups excluding tert-OH is 1. The Hall–Kier alpha value is -1.04. The highest BCUT2D eigenvalue weighted by Gasteiger charge is 2.25. The minimum Gasteiger partial charge on any atom is -0.389 e. The van der Waals surface area contributed by atoms with Gasteiger partial charge in [0.05, 0.1) is 36.7 Å². The molecule has 1 fully saturated rings. The first-order valence-electron chi connectivity index (χ1n) is 5.02. The van der Waals surface area contributed by atoms with Gasteiger partial charge in [-0.1, -0.05) is 0 Å². The van der Waals surface area contributed by atoms with Crippen molar-refractivity contribution in [3.8, 4) is 0 Å². The molecule has 2 N–H and O–H groups in total. The molecule has 2 atom stereocenters. The zero-order valence-corrected chi connectivity index (χ0v) is 8.68. The van der Waals surface area contributed by atoms with E-state index in [1.807, 2.05) is 6.92 Å². The van der Waals surface area contributed by atoms with Gasteiger partial charge in [0.1, 0.15) is 0 Å². The molecule has 5 nitrogen and oxygen atoms in total. The zero-order chi connectivity index (χ0) is 10.7. The summed E-state index contributed by atoms with van der Waals surface area (Å²) in [6.07, 6.45) is 3.06. The highest BCUT2D eigenvalue weighted by Crippen LogP contribution is 2.05. The van der Waals surface area contributed by atoms with E-state index in [1.54, 1.807) is 12.4 Å². The van der Waals surface area contributed by atoms with Crippen LogP contribution in [0.1, 0.15) is 11.4 Å². The summed E-state index contributed by atoms with van der Waals surface area (Å²) >= 11 is 0. The highest BCUT2D eigenvalue weighted by atomic mass is 16.5. The summed E-state index contributed by atoms with van der Waals surface area (Å²) in [7, 11) is 0. The molecule has 82 valence electrons. The molecule has 0 radical (unpaired) electrons. The minimum absolute atomic E-state index is 0.00750. The summed E-state index contributed by atoms with van der Waals surface area (Å²) in [6.45, 7) is 3.48. The van der Waals surface area contributed by atoms with Gasteiger partial charge in [-0.3, -0.25) is 9.97 Å². The van der Waals surface area contributed by atoms with Gasteiger partial charge >= 0.3 is 0 Å². The van der Waals surface area contributed by atoms with E-state index in [4.69, 9.17) is 4.74 Å². The van der Waals surface area contributed by atoms with Gasteiger partial charge in [-0.2, -0.15) is 0 Å². The smallest absolute Gasteiger partial charge is 0.0948 e. The summed E-state index contributed by atoms with van der Waals surface area (Å²) in [5.74, 6) is 0. The molecule has 0 amide bonds. The van der Waals surface area contributed by atoms with Gasteiger partial charge in [-0.05, 0) is 6.92 Å². The Morgan fingerprint density at radius 3 is 2.93 bits per heavy atom. The van der Waals surface area contributed by atoms with Crippen molar-refractivity contribution in [3.63, 3.8) is 0 Å². The van der Waals surface area contributed by atoms with Crippen molar-refractivity contribution in [2.45, 2.75) is 25.6 Å². The number of hydrogen-bond acceptors (Lipinski definition) is 5. The zero-order valence-electron chi connectivity index (χ0n) is 8.68. The third-order valence-electron chi connectivity index (χ3n) is 2.43. The van der Waals surface area contributed by atoms with Crippen molar-refractivity contribution in [3.05, 3.63) is 23.8 Å². The fraction of sp³-hybridized carbons (Fsp3) is 0.600. The second-order valence-electron chi connectivity index (χ2n) is 3.74. The normalized spacial score (nSPS) is 25.7. The maximum absolute atomic E-state index is 9.49. The second kappa shape index (κ2) is 4.65. The van der Waals surface area contributed by atoms with Crippen molar-refractivity contribution in [1.29, 1.82) is 0 Å². The average molecular weight is 209 g/mol. The molecule has 5 heteroatoms. The Morgan fingerprint density at radius 2 is 2.33 bits per heavy atom. The summed E-state index contributed by atoms with van der Waals surface area (Å²) in [6, 6.07) is 0.00750. The van der Waals surface area contributed by atoms with E-state index in [0.717, 1.165) is 11.4 Å². The van der Waals surface area contributed by atoms with Crippen LogP contribution in [-0.2, 0) is 11.3 Å². The molecule has 2 unspecified atom stereocenters. The fourth-order valence-electron chi connectivity index (χ4n) is 1.48. The molecule has 1 aromatic heterocycles. The minimum atomic E-state index is -0.414. The summed E-state index contributed by atoms with van der Waals surface area (Å²) in [5.41, 5.74) is 1.78. The molecular weight excluding hydrogens is 194 g/mol. The van der Waals surface area contributed by atoms with Crippen LogP contribution < -0.4 is 5.32 Å². The first-order valence-corrected chi connectivity index (χ1v) is 5.02. The van der Waals surface area contributed by atoms with E-state index < -0.39 is 6.10 Å². The third-order valence-corrected chi connectivity index (χ3v) is 2.43. The van der Waals surface area contributed by atoms with Gasteiger partial charge in [0, 0.05) is 18.9 Å². The van der Waals surface area contributed by atoms with Crippen LogP contribution >= 0.6 is 0 Å². The lowest BCUT2D eigenvalue weighted by Crippen LogP contribution is -2.38. The molecule has 2 heterocycles. The van der Waals surface area contributed by atoms with Gasteiger partial charge in [-0.25, -0.2) is 0 Å². The summed E-state index contributed by atoms with van der Waals surface area (Å²) < 4.78 is 5.13. The lowest BCUT2D eigenvalue weighted by Gasteiger charge is -2.13. The number of aliphatic hydroxyl groups is 1. The van der Waals surface area contributed by atoms with Crippen LogP contribution in [0.5, 0.6) is 0 Å². The van der Waals surface area contributed by atoms with Crippen LogP contribution in [0.4, 0.5) is 0 Å². The summed E-state index contributed by atoms with van der Waals surface area (Å²) in [5, 5.41) is 12.7. The Balaban J connectivity index is 1.85. The van der Waals surface area contributed by atoms with E-state index in [2.05, 4.69) is 15.3 Å². The van der Waals surface area contributed by atoms with E-state index >= 15 is 0 Å².